The van der Waals surface area contributed by atoms with E-state index >= 15 is 0 Å². The smallest absolute Gasteiger partial charge is 0.359 e. The van der Waals surface area contributed by atoms with Gasteiger partial charge in [-0.25, -0.2) is 9.78 Å². The molecule has 0 amide bonds. The molecule has 32 heavy (non-hydrogen) atoms. The van der Waals surface area contributed by atoms with Crippen molar-refractivity contribution in [3.05, 3.63) is 102 Å². The van der Waals surface area contributed by atoms with E-state index in [-0.39, 0.29) is 11.9 Å². The molecule has 0 radical (unpaired) electrons. The molecule has 0 fully saturated rings. The van der Waals surface area contributed by atoms with Gasteiger partial charge in [-0.1, -0.05) is 30.3 Å². The molecule has 5 rings (SSSR count). The number of nitrogens with zero attached hydrogens (tertiary/aromatic N) is 3. The van der Waals surface area contributed by atoms with E-state index in [1.807, 2.05) is 60.8 Å². The van der Waals surface area contributed by atoms with E-state index in [0.29, 0.717) is 12.8 Å². The summed E-state index contributed by atoms with van der Waals surface area (Å²) in [4.78, 5) is 22.3. The lowest BCUT2D eigenvalue weighted by Crippen LogP contribution is -2.44. The van der Waals surface area contributed by atoms with Gasteiger partial charge >= 0.3 is 11.7 Å². The van der Waals surface area contributed by atoms with Crippen LogP contribution in [0.2, 0.25) is 0 Å². The van der Waals surface area contributed by atoms with Crippen molar-refractivity contribution >= 4 is 11.7 Å². The number of rotatable bonds is 6. The molecule has 1 unspecified atom stereocenters. The second-order valence-electron chi connectivity index (χ2n) is 7.78. The van der Waals surface area contributed by atoms with Crippen LogP contribution in [0, 0.1) is 0 Å². The second-order valence-corrected chi connectivity index (χ2v) is 7.78. The summed E-state index contributed by atoms with van der Waals surface area (Å²) in [7, 11) is 1.64. The van der Waals surface area contributed by atoms with Gasteiger partial charge in [0.1, 0.15) is 23.3 Å². The van der Waals surface area contributed by atoms with E-state index in [4.69, 9.17) is 9.72 Å². The molecule has 1 N–H and O–H groups in total. The first kappa shape index (κ1) is 19.9. The molecule has 4 aromatic rings. The first-order valence-corrected chi connectivity index (χ1v) is 10.5. The quantitative estimate of drug-likeness (QED) is 0.479. The molecule has 0 saturated heterocycles. The van der Waals surface area contributed by atoms with Gasteiger partial charge in [0.2, 0.25) is 0 Å². The van der Waals surface area contributed by atoms with Crippen LogP contribution in [-0.2, 0) is 12.8 Å². The number of anilines is 1. The number of carbonyl (C=O) groups excluding carboxylic acids is 1. The van der Waals surface area contributed by atoms with E-state index in [0.717, 1.165) is 39.6 Å². The van der Waals surface area contributed by atoms with Crippen LogP contribution < -0.4 is 14.6 Å². The molecule has 0 bridgehead atoms. The first-order valence-electron chi connectivity index (χ1n) is 10.5. The van der Waals surface area contributed by atoms with Gasteiger partial charge in [0, 0.05) is 30.8 Å². The maximum absolute atomic E-state index is 13.3. The Morgan fingerprint density at radius 3 is 2.44 bits per heavy atom. The molecular formula is C26H23N4O2+. The Hall–Kier alpha value is -4.06. The zero-order valence-corrected chi connectivity index (χ0v) is 17.7. The molecule has 158 valence electrons. The maximum Gasteiger partial charge on any atom is 0.359 e. The van der Waals surface area contributed by atoms with Crippen molar-refractivity contribution in [3.63, 3.8) is 0 Å². The highest BCUT2D eigenvalue weighted by molar-refractivity contribution is 5.82. The maximum atomic E-state index is 13.3. The Morgan fingerprint density at radius 1 is 0.969 bits per heavy atom. The molecule has 2 aromatic heterocycles. The van der Waals surface area contributed by atoms with E-state index < -0.39 is 0 Å². The molecule has 6 heteroatoms. The summed E-state index contributed by atoms with van der Waals surface area (Å²) in [5, 5.41) is 3.43. The summed E-state index contributed by atoms with van der Waals surface area (Å²) < 4.78 is 6.99. The largest absolute Gasteiger partial charge is 0.497 e. The summed E-state index contributed by atoms with van der Waals surface area (Å²) in [5.74, 6) is 1.56. The van der Waals surface area contributed by atoms with Crippen LogP contribution in [0.4, 0.5) is 5.82 Å². The number of methoxy groups -OCH3 is 1. The molecule has 0 saturated carbocycles. The first-order chi connectivity index (χ1) is 15.7. The van der Waals surface area contributed by atoms with Crippen molar-refractivity contribution in [3.8, 4) is 17.0 Å². The van der Waals surface area contributed by atoms with Gasteiger partial charge in [0.05, 0.1) is 7.11 Å². The number of ether oxygens (including phenoxy) is 1. The number of hydrogen-bond donors (Lipinski definition) is 1. The molecule has 0 spiro atoms. The molecule has 2 aromatic carbocycles. The van der Waals surface area contributed by atoms with Crippen molar-refractivity contribution in [2.45, 2.75) is 18.9 Å². The normalized spacial score (nSPS) is 14.7. The van der Waals surface area contributed by atoms with E-state index in [1.165, 1.54) is 0 Å². The van der Waals surface area contributed by atoms with E-state index in [1.54, 1.807) is 24.1 Å². The average Bonchev–Trinajstić information content (AvgIpc) is 3.16. The summed E-state index contributed by atoms with van der Waals surface area (Å²) in [6.45, 7) is 0. The summed E-state index contributed by atoms with van der Waals surface area (Å²) >= 11 is 0. The number of fused-ring (bicyclic) bond motifs is 1. The standard InChI is InChI=1S/C26H22N4O2/c1-32-21-9-7-20(8-10-21)24-17-30-25(22(28-24)15-18-5-3-2-4-6-18)29-23(26(30)31)16-19-11-13-27-14-12-19/h2-14,17,23H,15-16H2,1H3/p+1. The highest BCUT2D eigenvalue weighted by Gasteiger charge is 2.41. The second kappa shape index (κ2) is 8.59. The number of nitrogens with one attached hydrogen (secondary N) is 1. The van der Waals surface area contributed by atoms with Crippen LogP contribution in [-0.4, -0.2) is 29.0 Å². The lowest BCUT2D eigenvalue weighted by atomic mass is 10.1. The van der Waals surface area contributed by atoms with Crippen molar-refractivity contribution in [2.75, 3.05) is 12.4 Å². The average molecular weight is 423 g/mol. The van der Waals surface area contributed by atoms with Crippen molar-refractivity contribution in [1.82, 2.24) is 9.97 Å². The van der Waals surface area contributed by atoms with Gasteiger partial charge < -0.3 is 4.74 Å². The monoisotopic (exact) mass is 423 g/mol. The summed E-state index contributed by atoms with van der Waals surface area (Å²) in [5.41, 5.74) is 4.73. The van der Waals surface area contributed by atoms with E-state index in [9.17, 15) is 4.79 Å². The number of pyridine rings is 1. The van der Waals surface area contributed by atoms with Crippen LogP contribution in [0.25, 0.3) is 11.3 Å². The molecular weight excluding hydrogens is 400 g/mol. The number of hydrogen-bond acceptors (Lipinski definition) is 5. The van der Waals surface area contributed by atoms with Gasteiger partial charge in [0.25, 0.3) is 0 Å². The lowest BCUT2D eigenvalue weighted by Gasteiger charge is -2.08. The van der Waals surface area contributed by atoms with Gasteiger partial charge in [-0.3, -0.25) is 10.3 Å². The van der Waals surface area contributed by atoms with Crippen molar-refractivity contribution in [1.29, 1.82) is 0 Å². The van der Waals surface area contributed by atoms with Crippen LogP contribution in [0.15, 0.2) is 85.3 Å². The molecule has 6 nitrogen and oxygen atoms in total. The Kier molecular flexibility index (Phi) is 5.34. The minimum absolute atomic E-state index is 0.0169. The van der Waals surface area contributed by atoms with Gasteiger partial charge in [-0.15, -0.1) is 0 Å². The Bertz CT molecular complexity index is 1240. The third kappa shape index (κ3) is 3.95. The topological polar surface area (TPSA) is 68.0 Å². The summed E-state index contributed by atoms with van der Waals surface area (Å²) in [6.07, 6.45) is 6.54. The van der Waals surface area contributed by atoms with Crippen molar-refractivity contribution in [2.24, 2.45) is 0 Å². The Balaban J connectivity index is 1.54. The highest BCUT2D eigenvalue weighted by Crippen LogP contribution is 2.26. The molecule has 1 atom stereocenters. The molecule has 3 heterocycles. The number of aromatic nitrogens is 3. The van der Waals surface area contributed by atoms with Crippen LogP contribution in [0.3, 0.4) is 0 Å². The zero-order valence-electron chi connectivity index (χ0n) is 17.7. The highest BCUT2D eigenvalue weighted by atomic mass is 16.5. The third-order valence-corrected chi connectivity index (χ3v) is 5.66. The van der Waals surface area contributed by atoms with Gasteiger partial charge in [-0.05, 0) is 47.5 Å². The fourth-order valence-electron chi connectivity index (χ4n) is 3.98. The summed E-state index contributed by atoms with van der Waals surface area (Å²) in [6, 6.07) is 21.4. The Morgan fingerprint density at radius 2 is 1.72 bits per heavy atom. The lowest BCUT2D eigenvalue weighted by molar-refractivity contribution is -0.552. The van der Waals surface area contributed by atoms with Crippen LogP contribution >= 0.6 is 0 Å². The van der Waals surface area contributed by atoms with Crippen LogP contribution in [0.5, 0.6) is 5.75 Å². The zero-order chi connectivity index (χ0) is 21.9. The molecule has 1 aliphatic heterocycles. The SMILES string of the molecule is COc1ccc(-c2c[n+]3c(c(Cc4ccccc4)n2)NC(Cc2ccncc2)C3=O)cc1. The predicted molar refractivity (Wildman–Crippen MR) is 122 cm³/mol. The van der Waals surface area contributed by atoms with Crippen LogP contribution in [0.1, 0.15) is 21.6 Å². The fraction of sp³-hybridized carbons (Fsp3) is 0.154. The van der Waals surface area contributed by atoms with E-state index in [2.05, 4.69) is 22.4 Å². The predicted octanol–water partition coefficient (Wildman–Crippen LogP) is 3.71. The number of carbonyl (C=O) groups is 1. The van der Waals surface area contributed by atoms with Gasteiger partial charge in [0.15, 0.2) is 6.04 Å². The fourth-order valence-corrected chi connectivity index (χ4v) is 3.98. The molecule has 1 aliphatic rings. The number of benzene rings is 2. The minimum Gasteiger partial charge on any atom is -0.497 e. The van der Waals surface area contributed by atoms with Gasteiger partial charge in [-0.2, -0.15) is 4.57 Å². The molecule has 0 aliphatic carbocycles. The Labute approximate surface area is 186 Å². The van der Waals surface area contributed by atoms with Crippen molar-refractivity contribution < 1.29 is 14.1 Å². The third-order valence-electron chi connectivity index (χ3n) is 5.66. The minimum atomic E-state index is -0.347.